The first kappa shape index (κ1) is 71.4. The summed E-state index contributed by atoms with van der Waals surface area (Å²) < 4.78 is 161. The van der Waals surface area contributed by atoms with Gasteiger partial charge in [0.1, 0.15) is 4.60 Å². The van der Waals surface area contributed by atoms with E-state index in [1.54, 1.807) is 46.1 Å². The highest BCUT2D eigenvalue weighted by atomic mass is 79.9. The molecule has 0 atom stereocenters. The smallest absolute Gasteiger partial charge is 0.417 e. The number of amides is 2. The van der Waals surface area contributed by atoms with Gasteiger partial charge in [0.25, 0.3) is 11.8 Å². The fraction of sp³-hybridized carbons (Fsp3) is 0.600. The van der Waals surface area contributed by atoms with Crippen molar-refractivity contribution in [3.63, 3.8) is 0 Å². The van der Waals surface area contributed by atoms with Crippen molar-refractivity contribution >= 4 is 59.7 Å². The molecule has 86 heavy (non-hydrogen) atoms. The first-order valence-corrected chi connectivity index (χ1v) is 32.4. The van der Waals surface area contributed by atoms with E-state index in [0.717, 1.165) is 93.0 Å². The zero-order chi connectivity index (χ0) is 65.1. The van der Waals surface area contributed by atoms with E-state index in [9.17, 15) is 72.6 Å². The van der Waals surface area contributed by atoms with E-state index >= 15 is 4.39 Å². The van der Waals surface area contributed by atoms with Crippen molar-refractivity contribution in [3.8, 4) is 11.4 Å². The highest BCUT2D eigenvalue weighted by Gasteiger charge is 2.42. The summed E-state index contributed by atoms with van der Waals surface area (Å²) in [6.07, 6.45) is 0.816. The molecule has 0 spiro atoms. The van der Waals surface area contributed by atoms with Crippen molar-refractivity contribution in [2.75, 3.05) is 13.1 Å². The molecule has 6 rings (SSSR count). The molecule has 480 valence electrons. The van der Waals surface area contributed by atoms with Gasteiger partial charge >= 0.3 is 24.3 Å². The van der Waals surface area contributed by atoms with E-state index in [1.165, 1.54) is 47.6 Å². The zero-order valence-electron chi connectivity index (χ0n) is 50.8. The Bertz CT molecular complexity index is 3160. The molecule has 2 fully saturated rings. The van der Waals surface area contributed by atoms with Crippen molar-refractivity contribution in [2.24, 2.45) is 22.7 Å². The van der Waals surface area contributed by atoms with Gasteiger partial charge in [0.2, 0.25) is 26.0 Å². The number of benzene rings is 2. The first-order chi connectivity index (χ1) is 39.3. The van der Waals surface area contributed by atoms with Crippen molar-refractivity contribution in [1.29, 1.82) is 0 Å². The Labute approximate surface area is 508 Å². The summed E-state index contributed by atoms with van der Waals surface area (Å²) in [5, 5.41) is 24.0. The number of halogens is 8. The Balaban J connectivity index is 0.000000314. The summed E-state index contributed by atoms with van der Waals surface area (Å²) in [6.45, 7) is 18.5. The van der Waals surface area contributed by atoms with Gasteiger partial charge in [-0.1, -0.05) is 64.2 Å². The molecule has 0 radical (unpaired) electrons. The minimum atomic E-state index is -5.09. The van der Waals surface area contributed by atoms with E-state index in [1.807, 2.05) is 0 Å². The minimum absolute atomic E-state index is 0.0638. The molecular weight excluding hydrogens is 1240 g/mol. The molecule has 2 amide bonds. The molecule has 0 bridgehead atoms. The lowest BCUT2D eigenvalue weighted by Crippen LogP contribution is -2.41. The van der Waals surface area contributed by atoms with E-state index in [4.69, 9.17) is 0 Å². The maximum atomic E-state index is 16.2. The Morgan fingerprint density at radius 3 is 1.24 bits per heavy atom. The molecule has 2 aliphatic carbocycles. The quantitative estimate of drug-likeness (QED) is 0.0458. The summed E-state index contributed by atoms with van der Waals surface area (Å²) >= 11 is 3.48. The molecule has 4 aromatic rings. The molecule has 16 nitrogen and oxygen atoms in total. The van der Waals surface area contributed by atoms with E-state index in [0.29, 0.717) is 35.9 Å². The van der Waals surface area contributed by atoms with Crippen LogP contribution in [-0.4, -0.2) is 84.1 Å². The van der Waals surface area contributed by atoms with Crippen LogP contribution in [0, 0.1) is 42.5 Å². The van der Waals surface area contributed by atoms with Crippen LogP contribution in [-0.2, 0) is 54.8 Å². The van der Waals surface area contributed by atoms with Crippen molar-refractivity contribution in [1.82, 2.24) is 29.2 Å². The average molecular weight is 1320 g/mol. The van der Waals surface area contributed by atoms with Gasteiger partial charge in [-0.25, -0.2) is 26.3 Å². The Kier molecular flexibility index (Phi) is 22.6. The number of carbonyl (C=O) groups excluding carboxylic acids is 2. The second-order valence-electron chi connectivity index (χ2n) is 26.0. The van der Waals surface area contributed by atoms with Crippen molar-refractivity contribution < 1.29 is 77.0 Å². The average Bonchev–Trinajstić information content (AvgIpc) is 1.51. The van der Waals surface area contributed by atoms with Gasteiger partial charge in [-0.15, -0.1) is 0 Å². The van der Waals surface area contributed by atoms with Gasteiger partial charge in [-0.3, -0.25) is 23.7 Å². The van der Waals surface area contributed by atoms with Crippen LogP contribution in [0.3, 0.4) is 0 Å². The van der Waals surface area contributed by atoms with Crippen LogP contribution in [0.1, 0.15) is 201 Å². The zero-order valence-corrected chi connectivity index (χ0v) is 54.0. The van der Waals surface area contributed by atoms with Crippen LogP contribution in [0.15, 0.2) is 50.8 Å². The molecule has 0 aliphatic heterocycles. The highest BCUT2D eigenvalue weighted by Crippen LogP contribution is 2.42. The van der Waals surface area contributed by atoms with Gasteiger partial charge in [0.05, 0.1) is 42.9 Å². The number of alkyl halides is 6. The number of aliphatic carboxylic acids is 2. The lowest BCUT2D eigenvalue weighted by atomic mass is 9.85. The highest BCUT2D eigenvalue weighted by molar-refractivity contribution is 9.10. The van der Waals surface area contributed by atoms with Crippen LogP contribution >= 0.6 is 15.9 Å². The second kappa shape index (κ2) is 27.2. The standard InChI is InChI=1S/C30H41BrF3N3O5S.C30H41F4N3O5S/c2*1-18-22(16-19-10-8-7-9-11-19)37(25(31)24(18)26(38)35-15-14-29(5,6)27(39)40)20-12-13-23(21(17-20)30(32,33)34)43(41,42)36-28(2,3)4/h2*12-13,17,19,36H,7-11,14-16H2,1-6H3,(H,35,38)(H,39,40). The largest absolute Gasteiger partial charge is 0.481 e. The Hall–Kier alpha value is -5.31. The molecular formula is C60H82BrF7N6O10S2. The SMILES string of the molecule is Cc1c(C(=O)NCCC(C)(C)C(=O)O)c(Br)n(-c2ccc(S(=O)(=O)NC(C)(C)C)c(C(F)(F)F)c2)c1CC1CCCCC1.Cc1c(C(=O)NCCC(C)(C)C(=O)O)c(F)n(-c2ccc(S(=O)(=O)NC(C)(C)C)c(C(F)(F)F)c2)c1CC1CCCCC1. The number of aromatic nitrogens is 2. The molecule has 26 heteroatoms. The third-order valence-electron chi connectivity index (χ3n) is 15.6. The van der Waals surface area contributed by atoms with Gasteiger partial charge in [-0.05, 0) is 184 Å². The molecule has 0 unspecified atom stereocenters. The van der Waals surface area contributed by atoms with E-state index in [2.05, 4.69) is 36.0 Å². The molecule has 2 aliphatic rings. The van der Waals surface area contributed by atoms with Gasteiger partial charge in [0, 0.05) is 46.9 Å². The number of nitrogens with one attached hydrogen (secondary N) is 4. The van der Waals surface area contributed by atoms with Gasteiger partial charge in [-0.2, -0.15) is 30.7 Å². The molecule has 2 heterocycles. The predicted octanol–water partition coefficient (Wildman–Crippen LogP) is 13.4. The third kappa shape index (κ3) is 17.9. The minimum Gasteiger partial charge on any atom is -0.481 e. The van der Waals surface area contributed by atoms with E-state index in [-0.39, 0.29) is 70.4 Å². The number of nitrogens with zero attached hydrogens (tertiary/aromatic N) is 2. The normalized spacial score (nSPS) is 15.5. The number of hydrogen-bond donors (Lipinski definition) is 6. The number of rotatable bonds is 20. The van der Waals surface area contributed by atoms with Crippen molar-refractivity contribution in [2.45, 2.75) is 206 Å². The van der Waals surface area contributed by atoms with Crippen LogP contribution in [0.2, 0.25) is 0 Å². The Morgan fingerprint density at radius 1 is 0.558 bits per heavy atom. The summed E-state index contributed by atoms with van der Waals surface area (Å²) in [5.74, 6) is -4.03. The fourth-order valence-electron chi connectivity index (χ4n) is 10.8. The molecule has 6 N–H and O–H groups in total. The summed E-state index contributed by atoms with van der Waals surface area (Å²) in [4.78, 5) is 47.6. The van der Waals surface area contributed by atoms with E-state index < -0.39 is 105 Å². The number of carboxylic acid groups (broad SMARTS) is 2. The van der Waals surface area contributed by atoms with Gasteiger partial charge < -0.3 is 25.4 Å². The Morgan fingerprint density at radius 2 is 0.895 bits per heavy atom. The molecule has 2 aromatic heterocycles. The molecule has 2 aromatic carbocycles. The maximum Gasteiger partial charge on any atom is 0.417 e. The van der Waals surface area contributed by atoms with Crippen molar-refractivity contribution in [3.05, 3.63) is 91.7 Å². The maximum absolute atomic E-state index is 16.2. The molecule has 2 saturated carbocycles. The fourth-order valence-corrected chi connectivity index (χ4v) is 14.9. The third-order valence-corrected chi connectivity index (χ3v) is 20.0. The topological polar surface area (TPSA) is 235 Å². The first-order valence-electron chi connectivity index (χ1n) is 28.6. The van der Waals surface area contributed by atoms with Crippen LogP contribution < -0.4 is 20.1 Å². The summed E-state index contributed by atoms with van der Waals surface area (Å²) in [5.41, 5.74) is -5.51. The lowest BCUT2D eigenvalue weighted by molar-refractivity contribution is -0.148. The lowest BCUT2D eigenvalue weighted by Gasteiger charge is -2.24. The monoisotopic (exact) mass is 1320 g/mol. The van der Waals surface area contributed by atoms with Gasteiger partial charge in [0.15, 0.2) is 0 Å². The number of sulfonamides is 2. The number of carbonyl (C=O) groups is 4. The predicted molar refractivity (Wildman–Crippen MR) is 316 cm³/mol. The summed E-state index contributed by atoms with van der Waals surface area (Å²) in [7, 11) is -9.11. The summed E-state index contributed by atoms with van der Waals surface area (Å²) in [6, 6.07) is 5.59. The number of hydrogen-bond acceptors (Lipinski definition) is 8. The van der Waals surface area contributed by atoms with Crippen LogP contribution in [0.4, 0.5) is 30.7 Å². The second-order valence-corrected chi connectivity index (χ2v) is 30.1. The van der Waals surface area contributed by atoms with Crippen LogP contribution in [0.5, 0.6) is 0 Å². The number of carboxylic acids is 2. The molecule has 0 saturated heterocycles. The van der Waals surface area contributed by atoms with Crippen LogP contribution in [0.25, 0.3) is 11.4 Å².